The van der Waals surface area contributed by atoms with Crippen molar-refractivity contribution in [3.05, 3.63) is 59.5 Å². The minimum atomic E-state index is -1.09. The van der Waals surface area contributed by atoms with Crippen LogP contribution in [0.3, 0.4) is 0 Å². The summed E-state index contributed by atoms with van der Waals surface area (Å²) in [6.07, 6.45) is 3.66. The van der Waals surface area contributed by atoms with Gasteiger partial charge in [-0.2, -0.15) is 0 Å². The molecule has 1 N–H and O–H groups in total. The molecule has 1 amide bonds. The van der Waals surface area contributed by atoms with Gasteiger partial charge in [-0.25, -0.2) is 4.79 Å². The van der Waals surface area contributed by atoms with Gasteiger partial charge in [-0.3, -0.25) is 9.69 Å². The summed E-state index contributed by atoms with van der Waals surface area (Å²) in [6.45, 7) is 1.81. The fourth-order valence-electron chi connectivity index (χ4n) is 3.92. The van der Waals surface area contributed by atoms with E-state index in [1.165, 1.54) is 7.05 Å². The van der Waals surface area contributed by atoms with Gasteiger partial charge < -0.3 is 24.0 Å². The van der Waals surface area contributed by atoms with Crippen molar-refractivity contribution >= 4 is 34.5 Å². The summed E-state index contributed by atoms with van der Waals surface area (Å²) < 4.78 is 13.5. The van der Waals surface area contributed by atoms with E-state index in [-0.39, 0.29) is 11.5 Å². The molecule has 2 aromatic carbocycles. The van der Waals surface area contributed by atoms with Crippen LogP contribution in [0.15, 0.2) is 48.4 Å². The number of nitrogens with zero attached hydrogens (tertiary/aromatic N) is 3. The first-order valence-corrected chi connectivity index (χ1v) is 10.6. The number of amides is 1. The van der Waals surface area contributed by atoms with E-state index in [1.807, 2.05) is 24.4 Å². The largest absolute Gasteiger partial charge is 0.497 e. The van der Waals surface area contributed by atoms with Gasteiger partial charge in [0, 0.05) is 42.3 Å². The molecule has 0 atom stereocenters. The zero-order valence-electron chi connectivity index (χ0n) is 19.2. The standard InChI is InChI=1S/C25H27N3O5/c1-26(2)10-5-11-28-15-16(20-14-18(32-4)7-9-21(20)28)12-23-24(29)19-8-6-17(13-22(19)33-23)27(3)25(30)31/h6-9,12-15H,5,10-11H2,1-4H3,(H,30,31)/b23-12-. The molecule has 0 unspecified atom stereocenters. The molecule has 8 heteroatoms. The van der Waals surface area contributed by atoms with E-state index < -0.39 is 6.09 Å². The highest BCUT2D eigenvalue weighted by atomic mass is 16.5. The molecule has 0 aliphatic carbocycles. The third kappa shape index (κ3) is 4.42. The molecule has 2 heterocycles. The molecule has 8 nitrogen and oxygen atoms in total. The van der Waals surface area contributed by atoms with Crippen LogP contribution >= 0.6 is 0 Å². The smallest absolute Gasteiger partial charge is 0.411 e. The lowest BCUT2D eigenvalue weighted by Gasteiger charge is -2.13. The SMILES string of the molecule is COc1ccc2c(c1)c(/C=C1\Oc3cc(N(C)C(=O)O)ccc3C1=O)cn2CCCN(C)C. The topological polar surface area (TPSA) is 84.2 Å². The Morgan fingerprint density at radius 2 is 1.97 bits per heavy atom. The van der Waals surface area contributed by atoms with Gasteiger partial charge in [-0.1, -0.05) is 0 Å². The van der Waals surface area contributed by atoms with Gasteiger partial charge in [0.05, 0.1) is 18.4 Å². The highest BCUT2D eigenvalue weighted by molar-refractivity contribution is 6.15. The zero-order chi connectivity index (χ0) is 23.7. The molecule has 0 fully saturated rings. The van der Waals surface area contributed by atoms with E-state index in [2.05, 4.69) is 23.6 Å². The molecule has 0 saturated heterocycles. The number of carbonyl (C=O) groups excluding carboxylic acids is 1. The first kappa shape index (κ1) is 22.4. The lowest BCUT2D eigenvalue weighted by Crippen LogP contribution is -2.23. The summed E-state index contributed by atoms with van der Waals surface area (Å²) in [5.41, 5.74) is 2.75. The molecule has 33 heavy (non-hydrogen) atoms. The number of anilines is 1. The number of fused-ring (bicyclic) bond motifs is 2. The molecule has 1 aliphatic heterocycles. The molecule has 172 valence electrons. The average molecular weight is 450 g/mol. The Kier molecular flexibility index (Phi) is 6.11. The summed E-state index contributed by atoms with van der Waals surface area (Å²) in [5.74, 6) is 1.06. The Morgan fingerprint density at radius 3 is 2.67 bits per heavy atom. The van der Waals surface area contributed by atoms with Crippen molar-refractivity contribution in [3.63, 3.8) is 0 Å². The van der Waals surface area contributed by atoms with Gasteiger partial charge in [0.1, 0.15) is 11.5 Å². The van der Waals surface area contributed by atoms with Crippen LogP contribution in [0.2, 0.25) is 0 Å². The number of carboxylic acid groups (broad SMARTS) is 1. The van der Waals surface area contributed by atoms with E-state index in [9.17, 15) is 14.7 Å². The third-order valence-corrected chi connectivity index (χ3v) is 5.74. The fourth-order valence-corrected chi connectivity index (χ4v) is 3.92. The molecular formula is C25H27N3O5. The van der Waals surface area contributed by atoms with Crippen molar-refractivity contribution in [3.8, 4) is 11.5 Å². The second-order valence-electron chi connectivity index (χ2n) is 8.28. The van der Waals surface area contributed by atoms with Crippen LogP contribution in [0, 0.1) is 0 Å². The summed E-state index contributed by atoms with van der Waals surface area (Å²) >= 11 is 0. The predicted octanol–water partition coefficient (Wildman–Crippen LogP) is 4.33. The van der Waals surface area contributed by atoms with Gasteiger partial charge in [-0.05, 0) is 63.5 Å². The molecular weight excluding hydrogens is 422 g/mol. The van der Waals surface area contributed by atoms with Crippen LogP contribution in [0.5, 0.6) is 11.5 Å². The molecule has 0 bridgehead atoms. The first-order valence-electron chi connectivity index (χ1n) is 10.6. The van der Waals surface area contributed by atoms with Crippen LogP contribution in [0.25, 0.3) is 17.0 Å². The summed E-state index contributed by atoms with van der Waals surface area (Å²) in [5, 5.41) is 10.2. The summed E-state index contributed by atoms with van der Waals surface area (Å²) in [4.78, 5) is 27.4. The van der Waals surface area contributed by atoms with Crippen LogP contribution < -0.4 is 14.4 Å². The summed E-state index contributed by atoms with van der Waals surface area (Å²) in [7, 11) is 7.17. The second kappa shape index (κ2) is 8.99. The van der Waals surface area contributed by atoms with E-state index in [4.69, 9.17) is 9.47 Å². The van der Waals surface area contributed by atoms with Crippen molar-refractivity contribution < 1.29 is 24.2 Å². The number of aromatic nitrogens is 1. The molecule has 1 aliphatic rings. The van der Waals surface area contributed by atoms with Gasteiger partial charge >= 0.3 is 6.09 Å². The van der Waals surface area contributed by atoms with E-state index in [0.29, 0.717) is 17.0 Å². The minimum absolute atomic E-state index is 0.204. The second-order valence-corrected chi connectivity index (χ2v) is 8.28. The Balaban J connectivity index is 1.70. The zero-order valence-corrected chi connectivity index (χ0v) is 19.2. The number of carbonyl (C=O) groups is 2. The van der Waals surface area contributed by atoms with Crippen LogP contribution in [0.1, 0.15) is 22.3 Å². The van der Waals surface area contributed by atoms with E-state index in [1.54, 1.807) is 31.4 Å². The quantitative estimate of drug-likeness (QED) is 0.541. The maximum Gasteiger partial charge on any atom is 0.411 e. The highest BCUT2D eigenvalue weighted by Gasteiger charge is 2.28. The van der Waals surface area contributed by atoms with Crippen molar-refractivity contribution in [1.29, 1.82) is 0 Å². The van der Waals surface area contributed by atoms with Crippen molar-refractivity contribution in [2.75, 3.05) is 39.7 Å². The maximum absolute atomic E-state index is 13.0. The van der Waals surface area contributed by atoms with Crippen LogP contribution in [-0.4, -0.2) is 61.2 Å². The minimum Gasteiger partial charge on any atom is -0.497 e. The summed E-state index contributed by atoms with van der Waals surface area (Å²) in [6, 6.07) is 10.7. The normalized spacial score (nSPS) is 14.1. The number of hydrogen-bond acceptors (Lipinski definition) is 5. The number of ketones is 1. The lowest BCUT2D eigenvalue weighted by atomic mass is 10.1. The van der Waals surface area contributed by atoms with Gasteiger partial charge in [-0.15, -0.1) is 0 Å². The number of methoxy groups -OCH3 is 1. The van der Waals surface area contributed by atoms with Crippen molar-refractivity contribution in [2.24, 2.45) is 0 Å². The molecule has 0 saturated carbocycles. The van der Waals surface area contributed by atoms with Crippen molar-refractivity contribution in [1.82, 2.24) is 9.47 Å². The van der Waals surface area contributed by atoms with Gasteiger partial charge in [0.15, 0.2) is 5.76 Å². The first-order chi connectivity index (χ1) is 15.8. The van der Waals surface area contributed by atoms with Gasteiger partial charge in [0.25, 0.3) is 0 Å². The Hall–Kier alpha value is -3.78. The fraction of sp³-hybridized carbons (Fsp3) is 0.280. The average Bonchev–Trinajstić information content (AvgIpc) is 3.29. The molecule has 3 aromatic rings. The lowest BCUT2D eigenvalue weighted by molar-refractivity contribution is 0.101. The van der Waals surface area contributed by atoms with Crippen LogP contribution in [0.4, 0.5) is 10.5 Å². The number of aryl methyl sites for hydroxylation is 1. The van der Waals surface area contributed by atoms with E-state index >= 15 is 0 Å². The Labute approximate surface area is 192 Å². The molecule has 1 aromatic heterocycles. The van der Waals surface area contributed by atoms with Crippen molar-refractivity contribution in [2.45, 2.75) is 13.0 Å². The molecule has 4 rings (SSSR count). The number of allylic oxidation sites excluding steroid dienone is 1. The molecule has 0 spiro atoms. The Bertz CT molecular complexity index is 1260. The highest BCUT2D eigenvalue weighted by Crippen LogP contribution is 2.36. The monoisotopic (exact) mass is 449 g/mol. The number of Topliss-reactive ketones (excluding diaryl/α,β-unsaturated/α-hetero) is 1. The molecule has 0 radical (unpaired) electrons. The number of ether oxygens (including phenoxy) is 2. The number of rotatable bonds is 7. The van der Waals surface area contributed by atoms with E-state index in [0.717, 1.165) is 46.6 Å². The third-order valence-electron chi connectivity index (χ3n) is 5.74. The maximum atomic E-state index is 13.0. The Morgan fingerprint density at radius 1 is 1.18 bits per heavy atom. The predicted molar refractivity (Wildman–Crippen MR) is 127 cm³/mol. The van der Waals surface area contributed by atoms with Gasteiger partial charge in [0.2, 0.25) is 5.78 Å². The van der Waals surface area contributed by atoms with Crippen LogP contribution in [-0.2, 0) is 6.54 Å². The number of hydrogen-bond donors (Lipinski definition) is 1. The number of benzene rings is 2.